The molecule has 0 aromatic heterocycles. The van der Waals surface area contributed by atoms with Crippen molar-refractivity contribution in [2.45, 2.75) is 25.0 Å². The summed E-state index contributed by atoms with van der Waals surface area (Å²) in [6.07, 6.45) is 0.345. The Labute approximate surface area is 112 Å². The molecule has 0 heterocycles. The summed E-state index contributed by atoms with van der Waals surface area (Å²) in [5.74, 6) is 0. The van der Waals surface area contributed by atoms with E-state index in [0.717, 1.165) is 24.0 Å². The van der Waals surface area contributed by atoms with Gasteiger partial charge in [-0.3, -0.25) is 0 Å². The van der Waals surface area contributed by atoms with Gasteiger partial charge in [0.25, 0.3) is 0 Å². The number of hydrogen-bond donors (Lipinski definition) is 2. The lowest BCUT2D eigenvalue weighted by atomic mass is 9.77. The maximum absolute atomic E-state index is 10.7. The average Bonchev–Trinajstić information content (AvgIpc) is 2.88. The van der Waals surface area contributed by atoms with E-state index in [1.165, 1.54) is 11.1 Å². The normalized spacial score (nSPS) is 26.4. The van der Waals surface area contributed by atoms with Crippen LogP contribution in [0.3, 0.4) is 0 Å². The Morgan fingerprint density at radius 3 is 1.58 bits per heavy atom. The van der Waals surface area contributed by atoms with E-state index in [2.05, 4.69) is 12.1 Å². The topological polar surface area (TPSA) is 40.5 Å². The van der Waals surface area contributed by atoms with Gasteiger partial charge in [-0.1, -0.05) is 48.5 Å². The molecule has 0 unspecified atom stereocenters. The SMILES string of the molecule is O[C@H]1c2ccccc2CC12Cc1ccccc1[C@@H]2O. The molecule has 0 radical (unpaired) electrons. The van der Waals surface area contributed by atoms with E-state index in [0.29, 0.717) is 0 Å². The van der Waals surface area contributed by atoms with Crippen LogP contribution in [0.5, 0.6) is 0 Å². The highest BCUT2D eigenvalue weighted by molar-refractivity contribution is 5.45. The molecule has 2 heteroatoms. The van der Waals surface area contributed by atoms with Crippen molar-refractivity contribution in [1.82, 2.24) is 0 Å². The van der Waals surface area contributed by atoms with Crippen LogP contribution in [0.4, 0.5) is 0 Å². The fraction of sp³-hybridized carbons (Fsp3) is 0.294. The van der Waals surface area contributed by atoms with E-state index in [1.807, 2.05) is 36.4 Å². The second-order valence-corrected chi connectivity index (χ2v) is 5.79. The van der Waals surface area contributed by atoms with Crippen LogP contribution in [0, 0.1) is 5.41 Å². The quantitative estimate of drug-likeness (QED) is 0.756. The minimum atomic E-state index is -0.578. The van der Waals surface area contributed by atoms with Crippen LogP contribution in [0.1, 0.15) is 34.5 Å². The molecule has 0 aliphatic heterocycles. The number of hydrogen-bond acceptors (Lipinski definition) is 2. The molecular weight excluding hydrogens is 236 g/mol. The van der Waals surface area contributed by atoms with E-state index >= 15 is 0 Å². The Kier molecular flexibility index (Phi) is 2.17. The third kappa shape index (κ3) is 1.33. The molecule has 0 saturated carbocycles. The third-order valence-corrected chi connectivity index (χ3v) is 4.83. The molecule has 2 nitrogen and oxygen atoms in total. The molecule has 2 atom stereocenters. The molecule has 96 valence electrons. The Morgan fingerprint density at radius 2 is 1.16 bits per heavy atom. The second-order valence-electron chi connectivity index (χ2n) is 5.79. The van der Waals surface area contributed by atoms with Crippen molar-refractivity contribution in [1.29, 1.82) is 0 Å². The summed E-state index contributed by atoms with van der Waals surface area (Å²) in [6.45, 7) is 0. The van der Waals surface area contributed by atoms with Gasteiger partial charge in [0.05, 0.1) is 12.2 Å². The summed E-state index contributed by atoms with van der Waals surface area (Å²) in [6, 6.07) is 16.0. The fourth-order valence-electron chi connectivity index (χ4n) is 3.85. The van der Waals surface area contributed by atoms with Crippen molar-refractivity contribution in [3.05, 3.63) is 70.8 Å². The number of aliphatic hydroxyl groups excluding tert-OH is 2. The van der Waals surface area contributed by atoms with E-state index in [9.17, 15) is 10.2 Å². The summed E-state index contributed by atoms with van der Waals surface area (Å²) in [5.41, 5.74) is 3.83. The molecule has 4 rings (SSSR count). The van der Waals surface area contributed by atoms with Crippen molar-refractivity contribution in [3.8, 4) is 0 Å². The first kappa shape index (κ1) is 11.2. The van der Waals surface area contributed by atoms with Crippen molar-refractivity contribution >= 4 is 0 Å². The molecule has 0 bridgehead atoms. The standard InChI is InChI=1S/C17H16O2/c18-15-13-7-3-1-5-11(13)9-17(15)10-12-6-2-4-8-14(12)16(17)19/h1-8,15-16,18-19H,9-10H2/t15-,16-,17?/m0/s1. The highest BCUT2D eigenvalue weighted by Gasteiger charge is 2.54. The highest BCUT2D eigenvalue weighted by Crippen LogP contribution is 2.58. The molecule has 0 fully saturated rings. The Balaban J connectivity index is 1.84. The Bertz CT molecular complexity index is 590. The summed E-state index contributed by atoms with van der Waals surface area (Å²) in [5, 5.41) is 21.4. The van der Waals surface area contributed by atoms with Crippen LogP contribution in [0.25, 0.3) is 0 Å². The zero-order valence-corrected chi connectivity index (χ0v) is 10.6. The summed E-state index contributed by atoms with van der Waals surface area (Å²) in [7, 11) is 0. The van der Waals surface area contributed by atoms with Crippen molar-refractivity contribution in [2.75, 3.05) is 0 Å². The van der Waals surface area contributed by atoms with Gasteiger partial charge in [0.2, 0.25) is 0 Å². The van der Waals surface area contributed by atoms with Crippen molar-refractivity contribution in [2.24, 2.45) is 5.41 Å². The van der Waals surface area contributed by atoms with Gasteiger partial charge in [0.15, 0.2) is 0 Å². The zero-order valence-electron chi connectivity index (χ0n) is 10.6. The first-order valence-corrected chi connectivity index (χ1v) is 6.74. The first-order chi connectivity index (χ1) is 9.22. The lowest BCUT2D eigenvalue weighted by Crippen LogP contribution is -2.30. The zero-order chi connectivity index (χ0) is 13.0. The first-order valence-electron chi connectivity index (χ1n) is 6.74. The Hall–Kier alpha value is -1.64. The van der Waals surface area contributed by atoms with E-state index < -0.39 is 17.6 Å². The summed E-state index contributed by atoms with van der Waals surface area (Å²) >= 11 is 0. The lowest BCUT2D eigenvalue weighted by molar-refractivity contribution is -0.0518. The number of aliphatic hydroxyl groups is 2. The van der Waals surface area contributed by atoms with Gasteiger partial charge in [-0.2, -0.15) is 0 Å². The minimum Gasteiger partial charge on any atom is -0.388 e. The van der Waals surface area contributed by atoms with E-state index in [1.54, 1.807) is 0 Å². The number of fused-ring (bicyclic) bond motifs is 2. The van der Waals surface area contributed by atoms with E-state index in [4.69, 9.17) is 0 Å². The van der Waals surface area contributed by atoms with Crippen molar-refractivity contribution in [3.63, 3.8) is 0 Å². The van der Waals surface area contributed by atoms with Gasteiger partial charge >= 0.3 is 0 Å². The average molecular weight is 252 g/mol. The van der Waals surface area contributed by atoms with Crippen LogP contribution < -0.4 is 0 Å². The highest BCUT2D eigenvalue weighted by atomic mass is 16.3. The van der Waals surface area contributed by atoms with Gasteiger partial charge in [-0.25, -0.2) is 0 Å². The smallest absolute Gasteiger partial charge is 0.0883 e. The molecule has 0 saturated heterocycles. The van der Waals surface area contributed by atoms with Gasteiger partial charge in [-0.05, 0) is 35.1 Å². The minimum absolute atomic E-state index is 0.465. The Morgan fingerprint density at radius 1 is 0.737 bits per heavy atom. The van der Waals surface area contributed by atoms with Crippen LogP contribution >= 0.6 is 0 Å². The largest absolute Gasteiger partial charge is 0.388 e. The second kappa shape index (κ2) is 3.69. The molecule has 2 aromatic carbocycles. The van der Waals surface area contributed by atoms with Crippen LogP contribution in [-0.2, 0) is 12.8 Å². The molecule has 2 N–H and O–H groups in total. The maximum atomic E-state index is 10.7. The molecule has 2 aliphatic carbocycles. The van der Waals surface area contributed by atoms with Crippen LogP contribution in [0.2, 0.25) is 0 Å². The molecular formula is C17H16O2. The van der Waals surface area contributed by atoms with Gasteiger partial charge < -0.3 is 10.2 Å². The third-order valence-electron chi connectivity index (χ3n) is 4.83. The van der Waals surface area contributed by atoms with Crippen molar-refractivity contribution < 1.29 is 10.2 Å². The maximum Gasteiger partial charge on any atom is 0.0883 e. The molecule has 19 heavy (non-hydrogen) atoms. The number of benzene rings is 2. The molecule has 2 aliphatic rings. The predicted molar refractivity (Wildman–Crippen MR) is 72.6 cm³/mol. The summed E-state index contributed by atoms with van der Waals surface area (Å²) < 4.78 is 0. The molecule has 1 spiro atoms. The summed E-state index contributed by atoms with van der Waals surface area (Å²) in [4.78, 5) is 0. The molecule has 2 aromatic rings. The van der Waals surface area contributed by atoms with Crippen LogP contribution in [0.15, 0.2) is 48.5 Å². The number of rotatable bonds is 0. The fourth-order valence-corrected chi connectivity index (χ4v) is 3.85. The van der Waals surface area contributed by atoms with Gasteiger partial charge in [0, 0.05) is 5.41 Å². The van der Waals surface area contributed by atoms with E-state index in [-0.39, 0.29) is 0 Å². The van der Waals surface area contributed by atoms with Gasteiger partial charge in [-0.15, -0.1) is 0 Å². The lowest BCUT2D eigenvalue weighted by Gasteiger charge is -2.31. The monoisotopic (exact) mass is 252 g/mol. The predicted octanol–water partition coefficient (Wildman–Crippen LogP) is 2.55. The van der Waals surface area contributed by atoms with Gasteiger partial charge in [0.1, 0.15) is 0 Å². The van der Waals surface area contributed by atoms with Crippen LogP contribution in [-0.4, -0.2) is 10.2 Å². The molecule has 0 amide bonds.